The summed E-state index contributed by atoms with van der Waals surface area (Å²) in [4.78, 5) is 14.0. The van der Waals surface area contributed by atoms with Gasteiger partial charge in [-0.2, -0.15) is 4.31 Å². The van der Waals surface area contributed by atoms with Crippen LogP contribution in [0.2, 0.25) is 0 Å². The molecule has 2 aromatic rings. The van der Waals surface area contributed by atoms with Crippen molar-refractivity contribution in [3.63, 3.8) is 0 Å². The van der Waals surface area contributed by atoms with Gasteiger partial charge in [0.2, 0.25) is 10.0 Å². The molecule has 25 heavy (non-hydrogen) atoms. The lowest BCUT2D eigenvalue weighted by molar-refractivity contribution is 0.101. The summed E-state index contributed by atoms with van der Waals surface area (Å²) in [7, 11) is -3.46. The second-order valence-corrected chi connectivity index (χ2v) is 8.25. The van der Waals surface area contributed by atoms with Crippen LogP contribution < -0.4 is 4.90 Å². The van der Waals surface area contributed by atoms with Crippen molar-refractivity contribution in [1.29, 1.82) is 0 Å². The molecule has 1 aliphatic rings. The van der Waals surface area contributed by atoms with Crippen molar-refractivity contribution in [1.82, 2.24) is 4.31 Å². The second kappa shape index (κ2) is 6.98. The predicted molar refractivity (Wildman–Crippen MR) is 98.6 cm³/mol. The van der Waals surface area contributed by atoms with E-state index in [1.165, 1.54) is 4.31 Å². The van der Waals surface area contributed by atoms with E-state index in [0.29, 0.717) is 36.6 Å². The number of aryl methyl sites for hydroxylation is 1. The Morgan fingerprint density at radius 1 is 0.960 bits per heavy atom. The molecule has 0 unspecified atom stereocenters. The fraction of sp³-hybridized carbons (Fsp3) is 0.316. The smallest absolute Gasteiger partial charge is 0.243 e. The number of hydrogen-bond acceptors (Lipinski definition) is 4. The van der Waals surface area contributed by atoms with Crippen molar-refractivity contribution in [3.05, 3.63) is 59.7 Å². The fourth-order valence-electron chi connectivity index (χ4n) is 3.03. The lowest BCUT2D eigenvalue weighted by atomic mass is 10.1. The van der Waals surface area contributed by atoms with Gasteiger partial charge in [-0.3, -0.25) is 4.79 Å². The van der Waals surface area contributed by atoms with Crippen LogP contribution in [0.15, 0.2) is 53.4 Å². The van der Waals surface area contributed by atoms with Crippen LogP contribution in [0.25, 0.3) is 0 Å². The maximum absolute atomic E-state index is 12.8. The van der Waals surface area contributed by atoms with Gasteiger partial charge in [-0.05, 0) is 43.7 Å². The van der Waals surface area contributed by atoms with E-state index < -0.39 is 10.0 Å². The summed E-state index contributed by atoms with van der Waals surface area (Å²) in [5, 5.41) is 0. The van der Waals surface area contributed by atoms with Crippen LogP contribution in [-0.2, 0) is 10.0 Å². The van der Waals surface area contributed by atoms with Gasteiger partial charge in [0.05, 0.1) is 4.90 Å². The molecule has 0 bridgehead atoms. The van der Waals surface area contributed by atoms with Gasteiger partial charge in [0, 0.05) is 37.4 Å². The first-order chi connectivity index (χ1) is 11.9. The highest BCUT2D eigenvalue weighted by Crippen LogP contribution is 2.22. The highest BCUT2D eigenvalue weighted by Gasteiger charge is 2.28. The minimum absolute atomic E-state index is 0.0301. The van der Waals surface area contributed by atoms with E-state index >= 15 is 0 Å². The molecular formula is C19H22N2O3S. The van der Waals surface area contributed by atoms with E-state index in [2.05, 4.69) is 4.90 Å². The highest BCUT2D eigenvalue weighted by atomic mass is 32.2. The molecule has 1 heterocycles. The topological polar surface area (TPSA) is 57.7 Å². The van der Waals surface area contributed by atoms with Crippen LogP contribution >= 0.6 is 0 Å². The molecule has 0 saturated carbocycles. The van der Waals surface area contributed by atoms with Gasteiger partial charge in [-0.1, -0.05) is 24.3 Å². The molecular weight excluding hydrogens is 336 g/mol. The lowest BCUT2D eigenvalue weighted by Crippen LogP contribution is -2.48. The number of ketones is 1. The van der Waals surface area contributed by atoms with E-state index in [9.17, 15) is 13.2 Å². The number of benzene rings is 2. The summed E-state index contributed by atoms with van der Waals surface area (Å²) in [6.45, 7) is 5.50. The number of nitrogens with zero attached hydrogens (tertiary/aromatic N) is 2. The first-order valence-electron chi connectivity index (χ1n) is 8.31. The van der Waals surface area contributed by atoms with E-state index in [-0.39, 0.29) is 5.78 Å². The zero-order valence-electron chi connectivity index (χ0n) is 14.5. The van der Waals surface area contributed by atoms with Crippen molar-refractivity contribution in [2.24, 2.45) is 0 Å². The average Bonchev–Trinajstić information content (AvgIpc) is 2.62. The van der Waals surface area contributed by atoms with Gasteiger partial charge in [0.1, 0.15) is 0 Å². The summed E-state index contributed by atoms with van der Waals surface area (Å²) in [5.41, 5.74) is 2.56. The molecule has 0 amide bonds. The minimum Gasteiger partial charge on any atom is -0.369 e. The van der Waals surface area contributed by atoms with Crippen molar-refractivity contribution < 1.29 is 13.2 Å². The van der Waals surface area contributed by atoms with Crippen LogP contribution in [0.3, 0.4) is 0 Å². The minimum atomic E-state index is -3.46. The Kier molecular flexibility index (Phi) is 4.92. The first kappa shape index (κ1) is 17.6. The summed E-state index contributed by atoms with van der Waals surface area (Å²) >= 11 is 0. The molecule has 132 valence electrons. The van der Waals surface area contributed by atoms with Crippen LogP contribution in [-0.4, -0.2) is 44.7 Å². The van der Waals surface area contributed by atoms with Crippen molar-refractivity contribution in [3.8, 4) is 0 Å². The number of carbonyl (C=O) groups excluding carboxylic acids is 1. The Morgan fingerprint density at radius 3 is 2.28 bits per heavy atom. The lowest BCUT2D eigenvalue weighted by Gasteiger charge is -2.35. The molecule has 0 aliphatic carbocycles. The number of rotatable bonds is 4. The first-order valence-corrected chi connectivity index (χ1v) is 9.75. The monoisotopic (exact) mass is 358 g/mol. The summed E-state index contributed by atoms with van der Waals surface area (Å²) in [5.74, 6) is 0.0301. The molecule has 0 aromatic heterocycles. The number of anilines is 1. The molecule has 5 nitrogen and oxygen atoms in total. The summed E-state index contributed by atoms with van der Waals surface area (Å²) in [6.07, 6.45) is 0. The predicted octanol–water partition coefficient (Wildman–Crippen LogP) is 2.71. The molecule has 0 atom stereocenters. The number of hydrogen-bond donors (Lipinski definition) is 0. The van der Waals surface area contributed by atoms with Gasteiger partial charge < -0.3 is 4.90 Å². The number of piperazine rings is 1. The molecule has 1 aliphatic heterocycles. The Bertz CT molecular complexity index is 885. The van der Waals surface area contributed by atoms with Gasteiger partial charge in [0.25, 0.3) is 0 Å². The van der Waals surface area contributed by atoms with Crippen LogP contribution in [0.4, 0.5) is 5.69 Å². The van der Waals surface area contributed by atoms with Crippen molar-refractivity contribution in [2.45, 2.75) is 18.7 Å². The standard InChI is InChI=1S/C19H22N2O3S/c1-15-5-3-8-19(13-15)25(23,24)21-11-9-20(10-12-21)18-7-4-6-17(14-18)16(2)22/h3-8,13-14H,9-12H2,1-2H3. The Morgan fingerprint density at radius 2 is 1.64 bits per heavy atom. The Hall–Kier alpha value is -2.18. The van der Waals surface area contributed by atoms with Crippen LogP contribution in [0.1, 0.15) is 22.8 Å². The highest BCUT2D eigenvalue weighted by molar-refractivity contribution is 7.89. The molecule has 6 heteroatoms. The largest absolute Gasteiger partial charge is 0.369 e. The van der Waals surface area contributed by atoms with Crippen LogP contribution in [0.5, 0.6) is 0 Å². The molecule has 2 aromatic carbocycles. The van der Waals surface area contributed by atoms with Gasteiger partial charge >= 0.3 is 0 Å². The average molecular weight is 358 g/mol. The Labute approximate surface area is 148 Å². The maximum atomic E-state index is 12.8. The third kappa shape index (κ3) is 3.75. The normalized spacial score (nSPS) is 16.0. The summed E-state index contributed by atoms with van der Waals surface area (Å²) < 4.78 is 27.1. The SMILES string of the molecule is CC(=O)c1cccc(N2CCN(S(=O)(=O)c3cccc(C)c3)CC2)c1. The zero-order valence-corrected chi connectivity index (χ0v) is 15.3. The second-order valence-electron chi connectivity index (χ2n) is 6.31. The third-order valence-electron chi connectivity index (χ3n) is 4.48. The molecule has 1 saturated heterocycles. The fourth-order valence-corrected chi connectivity index (χ4v) is 4.56. The molecule has 0 N–H and O–H groups in total. The number of sulfonamides is 1. The van der Waals surface area contributed by atoms with E-state index in [1.54, 1.807) is 31.2 Å². The van der Waals surface area contributed by atoms with Gasteiger partial charge in [-0.15, -0.1) is 0 Å². The van der Waals surface area contributed by atoms with Gasteiger partial charge in [-0.25, -0.2) is 8.42 Å². The maximum Gasteiger partial charge on any atom is 0.243 e. The quantitative estimate of drug-likeness (QED) is 0.789. The van der Waals surface area contributed by atoms with Crippen molar-refractivity contribution >= 4 is 21.5 Å². The van der Waals surface area contributed by atoms with E-state index in [1.807, 2.05) is 31.2 Å². The van der Waals surface area contributed by atoms with E-state index in [0.717, 1.165) is 11.3 Å². The number of carbonyl (C=O) groups is 1. The molecule has 3 rings (SSSR count). The van der Waals surface area contributed by atoms with Crippen LogP contribution in [0, 0.1) is 6.92 Å². The van der Waals surface area contributed by atoms with E-state index in [4.69, 9.17) is 0 Å². The third-order valence-corrected chi connectivity index (χ3v) is 6.38. The van der Waals surface area contributed by atoms with Crippen molar-refractivity contribution in [2.75, 3.05) is 31.1 Å². The molecule has 1 fully saturated rings. The Balaban J connectivity index is 1.73. The summed E-state index contributed by atoms with van der Waals surface area (Å²) in [6, 6.07) is 14.5. The van der Waals surface area contributed by atoms with Gasteiger partial charge in [0.15, 0.2) is 5.78 Å². The molecule has 0 radical (unpaired) electrons. The zero-order chi connectivity index (χ0) is 18.0. The molecule has 0 spiro atoms. The number of Topliss-reactive ketones (excluding diaryl/α,β-unsaturated/α-hetero) is 1.